The van der Waals surface area contributed by atoms with Gasteiger partial charge < -0.3 is 14.6 Å². The van der Waals surface area contributed by atoms with E-state index in [2.05, 4.69) is 54.4 Å². The molecule has 0 fully saturated rings. The van der Waals surface area contributed by atoms with Crippen molar-refractivity contribution in [3.05, 3.63) is 65.1 Å². The van der Waals surface area contributed by atoms with E-state index in [0.717, 1.165) is 31.0 Å². The third-order valence-electron chi connectivity index (χ3n) is 4.91. The molecule has 0 bridgehead atoms. The van der Waals surface area contributed by atoms with Crippen molar-refractivity contribution in [3.8, 4) is 0 Å². The molecular weight excluding hydrogens is 344 g/mol. The molecule has 2 aromatic rings. The van der Waals surface area contributed by atoms with E-state index in [1.54, 1.807) is 0 Å². The molecule has 154 valence electrons. The van der Waals surface area contributed by atoms with Crippen molar-refractivity contribution >= 4 is 6.08 Å². The molecule has 0 aliphatic heterocycles. The molecule has 0 unspecified atom stereocenters. The average Bonchev–Trinajstić information content (AvgIpc) is 3.11. The zero-order valence-electron chi connectivity index (χ0n) is 18.0. The molecule has 1 N–H and O–H groups in total. The summed E-state index contributed by atoms with van der Waals surface area (Å²) in [5.41, 5.74) is 2.68. The van der Waals surface area contributed by atoms with Gasteiger partial charge in [-0.1, -0.05) is 44.2 Å². The number of aryl methyl sites for hydroxylation is 1. The molecule has 0 saturated carbocycles. The zero-order valence-corrected chi connectivity index (χ0v) is 18.0. The summed E-state index contributed by atoms with van der Waals surface area (Å²) in [4.78, 5) is 2.60. The van der Waals surface area contributed by atoms with Gasteiger partial charge in [-0.3, -0.25) is 0 Å². The van der Waals surface area contributed by atoms with Gasteiger partial charge in [0.05, 0.1) is 0 Å². The molecule has 28 heavy (non-hydrogen) atoms. The number of allylic oxidation sites excluding steroid dienone is 1. The minimum Gasteiger partial charge on any atom is -0.462 e. The van der Waals surface area contributed by atoms with Crippen LogP contribution < -0.4 is 5.32 Å². The molecule has 0 atom stereocenters. The second kappa shape index (κ2) is 13.4. The Labute approximate surface area is 171 Å². The third-order valence-corrected chi connectivity index (χ3v) is 4.91. The Morgan fingerprint density at radius 3 is 2.25 bits per heavy atom. The van der Waals surface area contributed by atoms with Crippen LogP contribution in [0.4, 0.5) is 0 Å². The summed E-state index contributed by atoms with van der Waals surface area (Å²) in [6.45, 7) is 12.3. The van der Waals surface area contributed by atoms with E-state index in [4.69, 9.17) is 4.42 Å². The Kier molecular flexibility index (Phi) is 10.7. The minimum absolute atomic E-state index is 0.922. The van der Waals surface area contributed by atoms with Gasteiger partial charge in [0.15, 0.2) is 0 Å². The van der Waals surface area contributed by atoms with Crippen LogP contribution in [0.15, 0.2) is 46.9 Å². The van der Waals surface area contributed by atoms with Crippen molar-refractivity contribution in [2.75, 3.05) is 26.2 Å². The number of nitrogens with one attached hydrogen (secondary N) is 1. The molecule has 3 nitrogen and oxygen atoms in total. The predicted octanol–water partition coefficient (Wildman–Crippen LogP) is 5.84. The zero-order chi connectivity index (χ0) is 20.0. The Bertz CT molecular complexity index is 666. The van der Waals surface area contributed by atoms with Gasteiger partial charge in [0.1, 0.15) is 11.5 Å². The Morgan fingerprint density at radius 2 is 1.61 bits per heavy atom. The van der Waals surface area contributed by atoms with Crippen LogP contribution in [0, 0.1) is 6.92 Å². The van der Waals surface area contributed by atoms with Crippen molar-refractivity contribution in [2.24, 2.45) is 0 Å². The van der Waals surface area contributed by atoms with Crippen molar-refractivity contribution in [2.45, 2.75) is 59.4 Å². The van der Waals surface area contributed by atoms with Crippen LogP contribution in [0.2, 0.25) is 0 Å². The van der Waals surface area contributed by atoms with Crippen LogP contribution in [0.3, 0.4) is 0 Å². The van der Waals surface area contributed by atoms with E-state index in [0.29, 0.717) is 0 Å². The van der Waals surface area contributed by atoms with E-state index in [1.807, 2.05) is 25.1 Å². The number of nitrogens with zero attached hydrogens (tertiary/aromatic N) is 1. The molecule has 0 saturated heterocycles. The quantitative estimate of drug-likeness (QED) is 0.416. The molecule has 0 spiro atoms. The molecule has 0 radical (unpaired) electrons. The molecular formula is C25H38N2O. The summed E-state index contributed by atoms with van der Waals surface area (Å²) in [7, 11) is 0. The highest BCUT2D eigenvalue weighted by Gasteiger charge is 2.01. The molecule has 0 amide bonds. The standard InChI is InChI=1S/C25H38N2O/c1-4-18-27(19-5-2)20-7-6-17-26-21-24-14-12-23(13-15-24)9-8-10-25-16-11-22(3)28-25/h8,10-16,26H,4-7,9,17-21H2,1-3H3. The van der Waals surface area contributed by atoms with Crippen molar-refractivity contribution in [3.63, 3.8) is 0 Å². The van der Waals surface area contributed by atoms with E-state index in [-0.39, 0.29) is 0 Å². The van der Waals surface area contributed by atoms with Crippen LogP contribution in [-0.2, 0) is 13.0 Å². The number of benzene rings is 1. The van der Waals surface area contributed by atoms with Crippen LogP contribution in [-0.4, -0.2) is 31.1 Å². The fraction of sp³-hybridized carbons (Fsp3) is 0.520. The molecule has 0 aliphatic rings. The number of hydrogen-bond donors (Lipinski definition) is 1. The first-order valence-electron chi connectivity index (χ1n) is 10.9. The average molecular weight is 383 g/mol. The van der Waals surface area contributed by atoms with E-state index in [1.165, 1.54) is 56.4 Å². The molecule has 2 rings (SSSR count). The van der Waals surface area contributed by atoms with E-state index in [9.17, 15) is 0 Å². The SMILES string of the molecule is CCCN(CCC)CCCCNCc1ccc(CC=Cc2ccc(C)o2)cc1. The van der Waals surface area contributed by atoms with Crippen molar-refractivity contribution in [1.82, 2.24) is 10.2 Å². The fourth-order valence-corrected chi connectivity index (χ4v) is 3.43. The summed E-state index contributed by atoms with van der Waals surface area (Å²) < 4.78 is 5.55. The Morgan fingerprint density at radius 1 is 0.893 bits per heavy atom. The summed E-state index contributed by atoms with van der Waals surface area (Å²) in [6, 6.07) is 12.9. The predicted molar refractivity (Wildman–Crippen MR) is 121 cm³/mol. The molecule has 3 heteroatoms. The highest BCUT2D eigenvalue weighted by molar-refractivity contribution is 5.43. The topological polar surface area (TPSA) is 28.4 Å². The summed E-state index contributed by atoms with van der Waals surface area (Å²) in [5.74, 6) is 1.88. The van der Waals surface area contributed by atoms with Gasteiger partial charge in [0.2, 0.25) is 0 Å². The number of hydrogen-bond acceptors (Lipinski definition) is 3. The lowest BCUT2D eigenvalue weighted by Crippen LogP contribution is -2.27. The maximum Gasteiger partial charge on any atom is 0.126 e. The Hall–Kier alpha value is -1.84. The largest absolute Gasteiger partial charge is 0.462 e. The lowest BCUT2D eigenvalue weighted by molar-refractivity contribution is 0.268. The first kappa shape index (κ1) is 22.4. The first-order chi connectivity index (χ1) is 13.7. The number of furan rings is 1. The summed E-state index contributed by atoms with van der Waals surface area (Å²) >= 11 is 0. The second-order valence-electron chi connectivity index (χ2n) is 7.60. The maximum absolute atomic E-state index is 5.55. The lowest BCUT2D eigenvalue weighted by atomic mass is 10.1. The second-order valence-corrected chi connectivity index (χ2v) is 7.60. The fourth-order valence-electron chi connectivity index (χ4n) is 3.43. The van der Waals surface area contributed by atoms with Crippen LogP contribution >= 0.6 is 0 Å². The molecule has 1 heterocycles. The van der Waals surface area contributed by atoms with Crippen LogP contribution in [0.1, 0.15) is 62.2 Å². The minimum atomic E-state index is 0.922. The monoisotopic (exact) mass is 382 g/mol. The molecule has 1 aromatic heterocycles. The molecule has 1 aromatic carbocycles. The lowest BCUT2D eigenvalue weighted by Gasteiger charge is -2.20. The van der Waals surface area contributed by atoms with Gasteiger partial charge in [0.25, 0.3) is 0 Å². The number of rotatable bonds is 14. The van der Waals surface area contributed by atoms with Gasteiger partial charge in [-0.05, 0) is 94.5 Å². The van der Waals surface area contributed by atoms with Gasteiger partial charge in [-0.25, -0.2) is 0 Å². The Balaban J connectivity index is 1.60. The van der Waals surface area contributed by atoms with E-state index < -0.39 is 0 Å². The van der Waals surface area contributed by atoms with Crippen molar-refractivity contribution < 1.29 is 4.42 Å². The van der Waals surface area contributed by atoms with Crippen LogP contribution in [0.5, 0.6) is 0 Å². The van der Waals surface area contributed by atoms with Gasteiger partial charge in [-0.2, -0.15) is 0 Å². The molecule has 0 aliphatic carbocycles. The van der Waals surface area contributed by atoms with Crippen molar-refractivity contribution in [1.29, 1.82) is 0 Å². The highest BCUT2D eigenvalue weighted by Crippen LogP contribution is 2.10. The number of unbranched alkanes of at least 4 members (excludes halogenated alkanes) is 1. The van der Waals surface area contributed by atoms with E-state index >= 15 is 0 Å². The maximum atomic E-state index is 5.55. The summed E-state index contributed by atoms with van der Waals surface area (Å²) in [5, 5.41) is 3.58. The van der Waals surface area contributed by atoms with Gasteiger partial charge in [0, 0.05) is 6.54 Å². The smallest absolute Gasteiger partial charge is 0.126 e. The van der Waals surface area contributed by atoms with Gasteiger partial charge in [-0.15, -0.1) is 0 Å². The normalized spacial score (nSPS) is 11.7. The van der Waals surface area contributed by atoms with Gasteiger partial charge >= 0.3 is 0 Å². The third kappa shape index (κ3) is 8.90. The first-order valence-corrected chi connectivity index (χ1v) is 10.9. The summed E-state index contributed by atoms with van der Waals surface area (Å²) in [6.07, 6.45) is 10.2. The van der Waals surface area contributed by atoms with Crippen LogP contribution in [0.25, 0.3) is 6.08 Å². The highest BCUT2D eigenvalue weighted by atomic mass is 16.3.